The van der Waals surface area contributed by atoms with Crippen molar-refractivity contribution in [2.45, 2.75) is 103 Å². The normalized spacial score (nSPS) is 24.6. The molecule has 0 bridgehead atoms. The first kappa shape index (κ1) is 20.2. The van der Waals surface area contributed by atoms with E-state index in [-0.39, 0.29) is 23.4 Å². The van der Waals surface area contributed by atoms with Crippen LogP contribution >= 0.6 is 0 Å². The fraction of sp³-hybridized carbons (Fsp3) is 0.895. The third-order valence-electron chi connectivity index (χ3n) is 6.58. The van der Waals surface area contributed by atoms with E-state index in [9.17, 15) is 0 Å². The lowest BCUT2D eigenvalue weighted by atomic mass is 9.69. The van der Waals surface area contributed by atoms with Crippen LogP contribution in [0.3, 0.4) is 0 Å². The highest BCUT2D eigenvalue weighted by Crippen LogP contribution is 2.42. The summed E-state index contributed by atoms with van der Waals surface area (Å²) >= 11 is 0. The zero-order valence-corrected chi connectivity index (χ0v) is 18.3. The van der Waals surface area contributed by atoms with Gasteiger partial charge in [-0.25, -0.2) is 0 Å². The van der Waals surface area contributed by atoms with Gasteiger partial charge in [-0.05, 0) is 77.0 Å². The summed E-state index contributed by atoms with van der Waals surface area (Å²) in [5, 5.41) is 0.243. The van der Waals surface area contributed by atoms with Gasteiger partial charge in [0, 0.05) is 0 Å². The molecule has 1 saturated heterocycles. The van der Waals surface area contributed by atoms with Gasteiger partial charge in [-0.3, -0.25) is 0 Å². The molecule has 2 rings (SSSR count). The van der Waals surface area contributed by atoms with Crippen LogP contribution in [0, 0.1) is 0 Å². The molecule has 0 spiro atoms. The molecule has 0 amide bonds. The Balaban J connectivity index is 2.17. The Kier molecular flexibility index (Phi) is 5.53. The first-order valence-corrected chi connectivity index (χ1v) is 12.4. The van der Waals surface area contributed by atoms with E-state index >= 15 is 0 Å². The van der Waals surface area contributed by atoms with Gasteiger partial charge in [0.05, 0.1) is 17.8 Å². The highest BCUT2D eigenvalue weighted by atomic mass is 28.4. The van der Waals surface area contributed by atoms with Crippen LogP contribution in [-0.4, -0.2) is 33.2 Å². The van der Waals surface area contributed by atoms with Crippen molar-refractivity contribution in [2.24, 2.45) is 0 Å². The van der Waals surface area contributed by atoms with Crippen LogP contribution in [-0.2, 0) is 13.7 Å². The quantitative estimate of drug-likeness (QED) is 0.624. The van der Waals surface area contributed by atoms with Crippen molar-refractivity contribution in [3.8, 4) is 0 Å². The Hall–Kier alpha value is -0.0982. The van der Waals surface area contributed by atoms with Crippen LogP contribution in [0.15, 0.2) is 11.0 Å². The third kappa shape index (κ3) is 4.00. The molecule has 0 saturated carbocycles. The molecule has 24 heavy (non-hydrogen) atoms. The number of hydrogen-bond donors (Lipinski definition) is 0. The fourth-order valence-electron chi connectivity index (χ4n) is 2.91. The molecule has 0 unspecified atom stereocenters. The fourth-order valence-corrected chi connectivity index (χ4v) is 3.88. The maximum absolute atomic E-state index is 6.50. The summed E-state index contributed by atoms with van der Waals surface area (Å²) in [7, 11) is -1.93. The molecule has 1 aliphatic carbocycles. The molecule has 0 radical (unpaired) electrons. The average Bonchev–Trinajstić information content (AvgIpc) is 2.64. The smallest absolute Gasteiger partial charge is 0.413 e. The molecule has 0 aromatic heterocycles. The highest BCUT2D eigenvalue weighted by Gasteiger charge is 2.52. The Morgan fingerprint density at radius 2 is 1.50 bits per heavy atom. The molecular weight excluding hydrogens is 315 g/mol. The molecule has 3 nitrogen and oxygen atoms in total. The van der Waals surface area contributed by atoms with Crippen LogP contribution in [0.25, 0.3) is 0 Å². The molecule has 1 aliphatic heterocycles. The second kappa shape index (κ2) is 6.57. The van der Waals surface area contributed by atoms with E-state index in [0.717, 1.165) is 19.4 Å². The van der Waals surface area contributed by atoms with Crippen molar-refractivity contribution in [3.63, 3.8) is 0 Å². The maximum atomic E-state index is 6.50. The van der Waals surface area contributed by atoms with Gasteiger partial charge in [0.25, 0.3) is 0 Å². The van der Waals surface area contributed by atoms with Crippen LogP contribution in [0.5, 0.6) is 0 Å². The van der Waals surface area contributed by atoms with E-state index in [1.54, 1.807) is 0 Å². The van der Waals surface area contributed by atoms with Crippen LogP contribution < -0.4 is 0 Å². The first-order chi connectivity index (χ1) is 10.8. The van der Waals surface area contributed by atoms with E-state index < -0.39 is 8.32 Å². The van der Waals surface area contributed by atoms with Gasteiger partial charge in [-0.1, -0.05) is 26.3 Å². The van der Waals surface area contributed by atoms with Crippen molar-refractivity contribution in [1.29, 1.82) is 0 Å². The lowest BCUT2D eigenvalue weighted by Crippen LogP contribution is -2.41. The lowest BCUT2D eigenvalue weighted by Gasteiger charge is -2.37. The second-order valence-electron chi connectivity index (χ2n) is 9.97. The van der Waals surface area contributed by atoms with Gasteiger partial charge in [-0.15, -0.1) is 0 Å². The predicted molar refractivity (Wildman–Crippen MR) is 105 cm³/mol. The van der Waals surface area contributed by atoms with E-state index in [1.807, 2.05) is 0 Å². The summed E-state index contributed by atoms with van der Waals surface area (Å²) in [5.74, 6) is 0. The SMILES string of the molecule is CC1(C)OB(C2=C(CO[Si](C)(C)C(C)(C)C)CCCC2)OC1(C)C. The van der Waals surface area contributed by atoms with E-state index in [4.69, 9.17) is 13.7 Å². The molecule has 0 aromatic rings. The predicted octanol–water partition coefficient (Wildman–Crippen LogP) is 5.51. The highest BCUT2D eigenvalue weighted by molar-refractivity contribution is 6.74. The first-order valence-electron chi connectivity index (χ1n) is 9.47. The molecule has 0 N–H and O–H groups in total. The topological polar surface area (TPSA) is 27.7 Å². The summed E-state index contributed by atoms with van der Waals surface area (Å²) in [6, 6.07) is 0. The Morgan fingerprint density at radius 1 is 1.00 bits per heavy atom. The van der Waals surface area contributed by atoms with Gasteiger partial charge in [0.1, 0.15) is 0 Å². The van der Waals surface area contributed by atoms with E-state index in [2.05, 4.69) is 61.6 Å². The second-order valence-corrected chi connectivity index (χ2v) is 14.8. The molecule has 2 aliphatic rings. The van der Waals surface area contributed by atoms with Crippen molar-refractivity contribution in [3.05, 3.63) is 11.0 Å². The van der Waals surface area contributed by atoms with Crippen molar-refractivity contribution < 1.29 is 13.7 Å². The van der Waals surface area contributed by atoms with Gasteiger partial charge in [0.2, 0.25) is 0 Å². The maximum Gasteiger partial charge on any atom is 0.490 e. The summed E-state index contributed by atoms with van der Waals surface area (Å²) in [4.78, 5) is 0. The van der Waals surface area contributed by atoms with Gasteiger partial charge >= 0.3 is 7.12 Å². The number of rotatable bonds is 4. The van der Waals surface area contributed by atoms with Crippen molar-refractivity contribution in [1.82, 2.24) is 0 Å². The molecule has 138 valence electrons. The van der Waals surface area contributed by atoms with E-state index in [1.165, 1.54) is 23.9 Å². The molecule has 5 heteroatoms. The summed E-state index contributed by atoms with van der Waals surface area (Å²) in [6.45, 7) is 20.8. The zero-order chi connectivity index (χ0) is 18.4. The Morgan fingerprint density at radius 3 is 2.00 bits per heavy atom. The molecule has 1 fully saturated rings. The van der Waals surface area contributed by atoms with Crippen LogP contribution in [0.4, 0.5) is 0 Å². The molecular formula is C19H37BO3Si. The average molecular weight is 352 g/mol. The molecule has 1 heterocycles. The minimum Gasteiger partial charge on any atom is -0.413 e. The summed E-state index contributed by atoms with van der Waals surface area (Å²) in [6.07, 6.45) is 4.67. The summed E-state index contributed by atoms with van der Waals surface area (Å²) < 4.78 is 19.1. The summed E-state index contributed by atoms with van der Waals surface area (Å²) in [5.41, 5.74) is 2.23. The standard InChI is InChI=1S/C19H37BO3Si/c1-17(2,3)24(8,9)21-14-15-12-10-11-13-16(15)20-22-18(4,5)19(6,7)23-20/h10-14H2,1-9H3. The van der Waals surface area contributed by atoms with Gasteiger partial charge in [-0.2, -0.15) is 0 Å². The van der Waals surface area contributed by atoms with E-state index in [0.29, 0.717) is 0 Å². The van der Waals surface area contributed by atoms with Gasteiger partial charge < -0.3 is 13.7 Å². The monoisotopic (exact) mass is 352 g/mol. The zero-order valence-electron chi connectivity index (χ0n) is 17.3. The third-order valence-corrected chi connectivity index (χ3v) is 11.1. The Bertz CT molecular complexity index is 487. The number of hydrogen-bond acceptors (Lipinski definition) is 3. The largest absolute Gasteiger partial charge is 0.490 e. The van der Waals surface area contributed by atoms with Crippen LogP contribution in [0.2, 0.25) is 18.1 Å². The van der Waals surface area contributed by atoms with Crippen molar-refractivity contribution >= 4 is 15.4 Å². The molecule has 0 aromatic carbocycles. The Labute approximate surface area is 150 Å². The number of allylic oxidation sites excluding steroid dienone is 1. The van der Waals surface area contributed by atoms with Crippen LogP contribution in [0.1, 0.15) is 74.1 Å². The van der Waals surface area contributed by atoms with Crippen molar-refractivity contribution in [2.75, 3.05) is 6.61 Å². The minimum atomic E-state index is -1.73. The minimum absolute atomic E-state index is 0.201. The lowest BCUT2D eigenvalue weighted by molar-refractivity contribution is 0.00578. The van der Waals surface area contributed by atoms with Gasteiger partial charge in [0.15, 0.2) is 8.32 Å². The molecule has 0 atom stereocenters.